The molecule has 1 saturated heterocycles. The van der Waals surface area contributed by atoms with Crippen LogP contribution in [0, 0.1) is 0 Å². The summed E-state index contributed by atoms with van der Waals surface area (Å²) in [6.45, 7) is 5.27. The molecule has 2 unspecified atom stereocenters. The van der Waals surface area contributed by atoms with Crippen LogP contribution in [0.2, 0.25) is 5.02 Å². The SMILES string of the molecule is CC1CCCC(C)N1C(=O)CN(C)Cc1nn(C)cc1Cl. The summed E-state index contributed by atoms with van der Waals surface area (Å²) in [5, 5.41) is 4.97. The fourth-order valence-electron chi connectivity index (χ4n) is 3.15. The summed E-state index contributed by atoms with van der Waals surface area (Å²) < 4.78 is 1.70. The summed E-state index contributed by atoms with van der Waals surface area (Å²) in [6.07, 6.45) is 5.20. The highest BCUT2D eigenvalue weighted by atomic mass is 35.5. The molecule has 21 heavy (non-hydrogen) atoms. The molecule has 2 heterocycles. The summed E-state index contributed by atoms with van der Waals surface area (Å²) in [4.78, 5) is 16.6. The number of hydrogen-bond acceptors (Lipinski definition) is 3. The van der Waals surface area contributed by atoms with Gasteiger partial charge in [0, 0.05) is 31.9 Å². The van der Waals surface area contributed by atoms with Crippen LogP contribution >= 0.6 is 11.6 Å². The lowest BCUT2D eigenvalue weighted by Crippen LogP contribution is -2.50. The number of aryl methyl sites for hydroxylation is 1. The van der Waals surface area contributed by atoms with Gasteiger partial charge in [0.15, 0.2) is 0 Å². The van der Waals surface area contributed by atoms with Crippen molar-refractivity contribution >= 4 is 17.5 Å². The second kappa shape index (κ2) is 6.79. The molecular formula is C15H25ClN4O. The van der Waals surface area contributed by atoms with E-state index in [4.69, 9.17) is 11.6 Å². The second-order valence-corrected chi connectivity index (χ2v) is 6.61. The summed E-state index contributed by atoms with van der Waals surface area (Å²) in [7, 11) is 3.78. The molecule has 1 aliphatic rings. The lowest BCUT2D eigenvalue weighted by molar-refractivity contribution is -0.138. The maximum atomic E-state index is 12.5. The fourth-order valence-corrected chi connectivity index (χ4v) is 3.39. The summed E-state index contributed by atoms with van der Waals surface area (Å²) in [5.74, 6) is 0.198. The number of hydrogen-bond donors (Lipinski definition) is 0. The highest BCUT2D eigenvalue weighted by Gasteiger charge is 2.29. The highest BCUT2D eigenvalue weighted by molar-refractivity contribution is 6.31. The Morgan fingerprint density at radius 1 is 1.43 bits per heavy atom. The third-order valence-corrected chi connectivity index (χ3v) is 4.48. The Hall–Kier alpha value is -1.07. The summed E-state index contributed by atoms with van der Waals surface area (Å²) >= 11 is 6.12. The van der Waals surface area contributed by atoms with Gasteiger partial charge in [0.25, 0.3) is 0 Å². The molecule has 2 atom stereocenters. The zero-order valence-corrected chi connectivity index (χ0v) is 14.1. The molecule has 5 nitrogen and oxygen atoms in total. The van der Waals surface area contributed by atoms with Crippen LogP contribution in [-0.4, -0.2) is 51.2 Å². The van der Waals surface area contributed by atoms with Gasteiger partial charge in [0.1, 0.15) is 0 Å². The van der Waals surface area contributed by atoms with Gasteiger partial charge in [0.05, 0.1) is 17.3 Å². The first-order valence-electron chi connectivity index (χ1n) is 7.56. The Balaban J connectivity index is 1.94. The minimum Gasteiger partial charge on any atom is -0.336 e. The number of aromatic nitrogens is 2. The summed E-state index contributed by atoms with van der Waals surface area (Å²) in [5.41, 5.74) is 0.814. The zero-order chi connectivity index (χ0) is 15.6. The molecule has 2 rings (SSSR count). The van der Waals surface area contributed by atoms with E-state index in [9.17, 15) is 4.79 Å². The third kappa shape index (κ3) is 3.98. The molecule has 6 heteroatoms. The van der Waals surface area contributed by atoms with Gasteiger partial charge in [-0.15, -0.1) is 0 Å². The molecule has 1 aliphatic heterocycles. The number of amides is 1. The molecule has 1 aromatic rings. The number of carbonyl (C=O) groups excluding carboxylic acids is 1. The van der Waals surface area contributed by atoms with Crippen LogP contribution in [0.4, 0.5) is 0 Å². The largest absolute Gasteiger partial charge is 0.336 e. The van der Waals surface area contributed by atoms with E-state index in [0.29, 0.717) is 30.2 Å². The number of carbonyl (C=O) groups is 1. The molecule has 118 valence electrons. The average molecular weight is 313 g/mol. The Kier molecular flexibility index (Phi) is 5.27. The van der Waals surface area contributed by atoms with E-state index in [1.165, 1.54) is 6.42 Å². The molecule has 0 aromatic carbocycles. The van der Waals surface area contributed by atoms with E-state index >= 15 is 0 Å². The molecule has 0 aliphatic carbocycles. The maximum Gasteiger partial charge on any atom is 0.237 e. The van der Waals surface area contributed by atoms with Gasteiger partial charge < -0.3 is 4.90 Å². The third-order valence-electron chi connectivity index (χ3n) is 4.16. The van der Waals surface area contributed by atoms with Gasteiger partial charge in [-0.25, -0.2) is 0 Å². The highest BCUT2D eigenvalue weighted by Crippen LogP contribution is 2.23. The number of rotatable bonds is 4. The first kappa shape index (κ1) is 16.3. The van der Waals surface area contributed by atoms with E-state index < -0.39 is 0 Å². The molecule has 1 aromatic heterocycles. The number of piperidine rings is 1. The minimum absolute atomic E-state index is 0.198. The molecule has 0 spiro atoms. The van der Waals surface area contributed by atoms with Crippen LogP contribution in [0.15, 0.2) is 6.20 Å². The van der Waals surface area contributed by atoms with E-state index in [0.717, 1.165) is 18.5 Å². The van der Waals surface area contributed by atoms with Gasteiger partial charge in [-0.2, -0.15) is 5.10 Å². The monoisotopic (exact) mass is 312 g/mol. The van der Waals surface area contributed by atoms with Gasteiger partial charge in [-0.05, 0) is 40.2 Å². The van der Waals surface area contributed by atoms with Crippen molar-refractivity contribution in [2.45, 2.75) is 51.7 Å². The lowest BCUT2D eigenvalue weighted by atomic mass is 9.97. The normalized spacial score (nSPS) is 22.9. The van der Waals surface area contributed by atoms with Crippen molar-refractivity contribution in [3.05, 3.63) is 16.9 Å². The van der Waals surface area contributed by atoms with Crippen molar-refractivity contribution in [3.8, 4) is 0 Å². The molecule has 0 radical (unpaired) electrons. The van der Waals surface area contributed by atoms with Crippen LogP contribution < -0.4 is 0 Å². The number of likely N-dealkylation sites (N-methyl/N-ethyl adjacent to an activating group) is 1. The topological polar surface area (TPSA) is 41.4 Å². The van der Waals surface area contributed by atoms with E-state index in [1.807, 2.05) is 23.9 Å². The van der Waals surface area contributed by atoms with Gasteiger partial charge >= 0.3 is 0 Å². The zero-order valence-electron chi connectivity index (χ0n) is 13.3. The first-order chi connectivity index (χ1) is 9.88. The summed E-state index contributed by atoms with van der Waals surface area (Å²) in [6, 6.07) is 0.682. The first-order valence-corrected chi connectivity index (χ1v) is 7.94. The molecule has 0 bridgehead atoms. The maximum absolute atomic E-state index is 12.5. The van der Waals surface area contributed by atoms with Crippen LogP contribution in [0.3, 0.4) is 0 Å². The van der Waals surface area contributed by atoms with Crippen molar-refractivity contribution in [1.82, 2.24) is 19.6 Å². The molecule has 0 N–H and O–H groups in total. The van der Waals surface area contributed by atoms with Crippen molar-refractivity contribution < 1.29 is 4.79 Å². The Morgan fingerprint density at radius 2 is 2.05 bits per heavy atom. The second-order valence-electron chi connectivity index (χ2n) is 6.20. The number of likely N-dealkylation sites (tertiary alicyclic amines) is 1. The molecule has 0 saturated carbocycles. The van der Waals surface area contributed by atoms with E-state index in [1.54, 1.807) is 10.9 Å². The Labute approximate surface area is 131 Å². The minimum atomic E-state index is 0.198. The molecule has 1 amide bonds. The Bertz CT molecular complexity index is 492. The van der Waals surface area contributed by atoms with Crippen LogP contribution in [-0.2, 0) is 18.4 Å². The smallest absolute Gasteiger partial charge is 0.237 e. The van der Waals surface area contributed by atoms with Gasteiger partial charge in [-0.3, -0.25) is 14.4 Å². The van der Waals surface area contributed by atoms with E-state index in [-0.39, 0.29) is 5.91 Å². The Morgan fingerprint density at radius 3 is 2.57 bits per heavy atom. The standard InChI is InChI=1S/C15H25ClN4O/c1-11-6-5-7-12(2)20(11)15(21)10-18(3)9-14-13(16)8-19(4)17-14/h8,11-12H,5-7,9-10H2,1-4H3. The van der Waals surface area contributed by atoms with Crippen LogP contribution in [0.25, 0.3) is 0 Å². The molecule has 1 fully saturated rings. The predicted molar refractivity (Wildman–Crippen MR) is 84.2 cm³/mol. The predicted octanol–water partition coefficient (Wildman–Crippen LogP) is 2.29. The average Bonchev–Trinajstić information content (AvgIpc) is 2.67. The van der Waals surface area contributed by atoms with Gasteiger partial charge in [-0.1, -0.05) is 11.6 Å². The van der Waals surface area contributed by atoms with Crippen LogP contribution in [0.1, 0.15) is 38.8 Å². The quantitative estimate of drug-likeness (QED) is 0.856. The fraction of sp³-hybridized carbons (Fsp3) is 0.733. The number of nitrogens with zero attached hydrogens (tertiary/aromatic N) is 4. The van der Waals surface area contributed by atoms with Crippen molar-refractivity contribution in [1.29, 1.82) is 0 Å². The molecular weight excluding hydrogens is 288 g/mol. The number of halogens is 1. The van der Waals surface area contributed by atoms with Gasteiger partial charge in [0.2, 0.25) is 5.91 Å². The van der Waals surface area contributed by atoms with E-state index in [2.05, 4.69) is 18.9 Å². The lowest BCUT2D eigenvalue weighted by Gasteiger charge is -2.39. The van der Waals surface area contributed by atoms with Crippen molar-refractivity contribution in [2.75, 3.05) is 13.6 Å². The van der Waals surface area contributed by atoms with Crippen molar-refractivity contribution in [2.24, 2.45) is 7.05 Å². The van der Waals surface area contributed by atoms with Crippen molar-refractivity contribution in [3.63, 3.8) is 0 Å². The van der Waals surface area contributed by atoms with Crippen LogP contribution in [0.5, 0.6) is 0 Å².